The van der Waals surface area contributed by atoms with Crippen molar-refractivity contribution in [1.82, 2.24) is 9.97 Å². The molecular weight excluding hydrogens is 148 g/mol. The van der Waals surface area contributed by atoms with Crippen LogP contribution in [0.25, 0.3) is 12.2 Å². The molecule has 0 amide bonds. The van der Waals surface area contributed by atoms with E-state index >= 15 is 0 Å². The molecular formula is C10H14N2. The molecule has 0 unspecified atom stereocenters. The predicted octanol–water partition coefficient (Wildman–Crippen LogP) is 2.79. The minimum atomic E-state index is 0.775. The third kappa shape index (κ3) is 2.66. The lowest BCUT2D eigenvalue weighted by molar-refractivity contribution is 1.16. The van der Waals surface area contributed by atoms with Gasteiger partial charge in [-0.3, -0.25) is 9.97 Å². The van der Waals surface area contributed by atoms with Gasteiger partial charge in [-0.1, -0.05) is 27.0 Å². The molecule has 1 rings (SSSR count). The average Bonchev–Trinajstić information content (AvgIpc) is 2.20. The molecule has 0 aliphatic rings. The van der Waals surface area contributed by atoms with Crippen LogP contribution in [0.15, 0.2) is 25.6 Å². The molecule has 0 radical (unpaired) electrons. The topological polar surface area (TPSA) is 25.8 Å². The molecule has 12 heavy (non-hydrogen) atoms. The van der Waals surface area contributed by atoms with Gasteiger partial charge in [0.15, 0.2) is 0 Å². The Bertz CT molecular complexity index is 227. The smallest absolute Gasteiger partial charge is 0.0880 e. The Balaban J connectivity index is 0.000000561. The van der Waals surface area contributed by atoms with Crippen molar-refractivity contribution >= 4 is 12.2 Å². The van der Waals surface area contributed by atoms with Gasteiger partial charge in [-0.15, -0.1) is 0 Å². The highest BCUT2D eigenvalue weighted by Gasteiger charge is 1.93. The van der Waals surface area contributed by atoms with Gasteiger partial charge in [0.25, 0.3) is 0 Å². The zero-order chi connectivity index (χ0) is 9.40. The fourth-order valence-electron chi connectivity index (χ4n) is 0.674. The summed E-state index contributed by atoms with van der Waals surface area (Å²) >= 11 is 0. The van der Waals surface area contributed by atoms with Gasteiger partial charge in [-0.25, -0.2) is 0 Å². The Morgan fingerprint density at radius 2 is 1.33 bits per heavy atom. The van der Waals surface area contributed by atoms with Crippen LogP contribution in [-0.2, 0) is 0 Å². The SMILES string of the molecule is C=Cc1nccnc1C=C.CC. The van der Waals surface area contributed by atoms with Crippen LogP contribution in [0.1, 0.15) is 25.2 Å². The second-order valence-corrected chi connectivity index (χ2v) is 1.74. The van der Waals surface area contributed by atoms with Crippen LogP contribution in [0.3, 0.4) is 0 Å². The summed E-state index contributed by atoms with van der Waals surface area (Å²) in [5.41, 5.74) is 1.55. The number of hydrogen-bond acceptors (Lipinski definition) is 2. The van der Waals surface area contributed by atoms with Crippen molar-refractivity contribution in [3.63, 3.8) is 0 Å². The second kappa shape index (κ2) is 6.28. The second-order valence-electron chi connectivity index (χ2n) is 1.74. The summed E-state index contributed by atoms with van der Waals surface area (Å²) in [5.74, 6) is 0. The summed E-state index contributed by atoms with van der Waals surface area (Å²) in [7, 11) is 0. The van der Waals surface area contributed by atoms with E-state index < -0.39 is 0 Å². The first-order valence-corrected chi connectivity index (χ1v) is 3.94. The minimum Gasteiger partial charge on any atom is -0.253 e. The molecule has 0 saturated carbocycles. The Morgan fingerprint density at radius 1 is 1.00 bits per heavy atom. The molecule has 64 valence electrons. The molecule has 0 spiro atoms. The minimum absolute atomic E-state index is 0.775. The van der Waals surface area contributed by atoms with Crippen LogP contribution in [0.5, 0.6) is 0 Å². The molecule has 0 N–H and O–H groups in total. The normalized spacial score (nSPS) is 7.83. The third-order valence-corrected chi connectivity index (χ3v) is 1.14. The molecule has 0 atom stereocenters. The van der Waals surface area contributed by atoms with E-state index in [2.05, 4.69) is 23.1 Å². The maximum absolute atomic E-state index is 4.02. The van der Waals surface area contributed by atoms with E-state index in [1.54, 1.807) is 24.5 Å². The van der Waals surface area contributed by atoms with Crippen LogP contribution >= 0.6 is 0 Å². The van der Waals surface area contributed by atoms with Gasteiger partial charge in [-0.2, -0.15) is 0 Å². The van der Waals surface area contributed by atoms with Crippen LogP contribution < -0.4 is 0 Å². The maximum Gasteiger partial charge on any atom is 0.0880 e. The van der Waals surface area contributed by atoms with Gasteiger partial charge in [0.1, 0.15) is 0 Å². The highest BCUT2D eigenvalue weighted by atomic mass is 14.8. The Labute approximate surface area is 73.7 Å². The van der Waals surface area contributed by atoms with Gasteiger partial charge in [-0.05, 0) is 12.2 Å². The fraction of sp³-hybridized carbons (Fsp3) is 0.200. The number of nitrogens with zero attached hydrogens (tertiary/aromatic N) is 2. The van der Waals surface area contributed by atoms with Crippen molar-refractivity contribution in [1.29, 1.82) is 0 Å². The summed E-state index contributed by atoms with van der Waals surface area (Å²) in [6.45, 7) is 11.2. The Kier molecular flexibility index (Phi) is 5.53. The largest absolute Gasteiger partial charge is 0.253 e. The molecule has 0 aliphatic heterocycles. The zero-order valence-electron chi connectivity index (χ0n) is 7.62. The van der Waals surface area contributed by atoms with Crippen LogP contribution in [-0.4, -0.2) is 9.97 Å². The molecule has 0 fully saturated rings. The number of aromatic nitrogens is 2. The van der Waals surface area contributed by atoms with Gasteiger partial charge in [0.05, 0.1) is 11.4 Å². The summed E-state index contributed by atoms with van der Waals surface area (Å²) in [5, 5.41) is 0. The summed E-state index contributed by atoms with van der Waals surface area (Å²) in [4.78, 5) is 8.03. The zero-order valence-corrected chi connectivity index (χ0v) is 7.62. The molecule has 1 aromatic heterocycles. The van der Waals surface area contributed by atoms with Crippen molar-refractivity contribution in [2.45, 2.75) is 13.8 Å². The number of hydrogen-bond donors (Lipinski definition) is 0. The first kappa shape index (κ1) is 10.6. The summed E-state index contributed by atoms with van der Waals surface area (Å²) < 4.78 is 0. The molecule has 0 aliphatic carbocycles. The van der Waals surface area contributed by atoms with Gasteiger partial charge >= 0.3 is 0 Å². The predicted molar refractivity (Wildman–Crippen MR) is 53.6 cm³/mol. The van der Waals surface area contributed by atoms with Gasteiger partial charge in [0, 0.05) is 12.4 Å². The quantitative estimate of drug-likeness (QED) is 0.668. The van der Waals surface area contributed by atoms with Crippen LogP contribution in [0, 0.1) is 0 Å². The van der Waals surface area contributed by atoms with Crippen molar-refractivity contribution in [3.8, 4) is 0 Å². The molecule has 0 bridgehead atoms. The highest BCUT2D eigenvalue weighted by molar-refractivity contribution is 5.56. The fourth-order valence-corrected chi connectivity index (χ4v) is 0.674. The molecule has 1 heterocycles. The Hall–Kier alpha value is -1.44. The van der Waals surface area contributed by atoms with Crippen molar-refractivity contribution < 1.29 is 0 Å². The third-order valence-electron chi connectivity index (χ3n) is 1.14. The lowest BCUT2D eigenvalue weighted by Crippen LogP contribution is -1.87. The highest BCUT2D eigenvalue weighted by Crippen LogP contribution is 2.02. The maximum atomic E-state index is 4.02. The van der Waals surface area contributed by atoms with Crippen molar-refractivity contribution in [2.24, 2.45) is 0 Å². The van der Waals surface area contributed by atoms with E-state index in [9.17, 15) is 0 Å². The average molecular weight is 162 g/mol. The first-order valence-electron chi connectivity index (χ1n) is 3.94. The van der Waals surface area contributed by atoms with Crippen molar-refractivity contribution in [2.75, 3.05) is 0 Å². The number of rotatable bonds is 2. The van der Waals surface area contributed by atoms with Crippen LogP contribution in [0.4, 0.5) is 0 Å². The van der Waals surface area contributed by atoms with Gasteiger partial charge in [0.2, 0.25) is 0 Å². The molecule has 0 saturated heterocycles. The molecule has 0 aromatic carbocycles. The first-order chi connectivity index (χ1) is 5.88. The Morgan fingerprint density at radius 3 is 1.58 bits per heavy atom. The molecule has 2 nitrogen and oxygen atoms in total. The summed E-state index contributed by atoms with van der Waals surface area (Å²) in [6.07, 6.45) is 6.57. The monoisotopic (exact) mass is 162 g/mol. The summed E-state index contributed by atoms with van der Waals surface area (Å²) in [6, 6.07) is 0. The van der Waals surface area contributed by atoms with E-state index in [0.717, 1.165) is 11.4 Å². The molecule has 2 heteroatoms. The lowest BCUT2D eigenvalue weighted by Gasteiger charge is -1.94. The van der Waals surface area contributed by atoms with Crippen molar-refractivity contribution in [3.05, 3.63) is 36.9 Å². The molecule has 1 aromatic rings. The van der Waals surface area contributed by atoms with E-state index in [1.165, 1.54) is 0 Å². The van der Waals surface area contributed by atoms with Gasteiger partial charge < -0.3 is 0 Å². The standard InChI is InChI=1S/C8H8N2.C2H6/c1-3-7-8(4-2)10-6-5-9-7;1-2/h3-6H,1-2H2;1-2H3. The van der Waals surface area contributed by atoms with E-state index in [1.807, 2.05) is 13.8 Å². The lowest BCUT2D eigenvalue weighted by atomic mass is 10.3. The van der Waals surface area contributed by atoms with Crippen LogP contribution in [0.2, 0.25) is 0 Å². The van der Waals surface area contributed by atoms with E-state index in [0.29, 0.717) is 0 Å². The van der Waals surface area contributed by atoms with E-state index in [4.69, 9.17) is 0 Å². The van der Waals surface area contributed by atoms with E-state index in [-0.39, 0.29) is 0 Å².